The molecule has 4 nitrogen and oxygen atoms in total. The summed E-state index contributed by atoms with van der Waals surface area (Å²) >= 11 is 0. The van der Waals surface area contributed by atoms with E-state index < -0.39 is 6.10 Å². The van der Waals surface area contributed by atoms with Crippen LogP contribution in [0.15, 0.2) is 18.2 Å². The van der Waals surface area contributed by atoms with Crippen LogP contribution in [-0.2, 0) is 15.6 Å². The van der Waals surface area contributed by atoms with E-state index in [1.54, 1.807) is 0 Å². The number of hydrogen-bond acceptors (Lipinski definition) is 4. The van der Waals surface area contributed by atoms with Crippen LogP contribution in [0.1, 0.15) is 65.5 Å². The van der Waals surface area contributed by atoms with Gasteiger partial charge in [-0.2, -0.15) is 0 Å². The molecule has 1 unspecified atom stereocenters. The molecule has 0 aliphatic carbocycles. The molecule has 148 valence electrons. The summed E-state index contributed by atoms with van der Waals surface area (Å²) in [6, 6.07) is 6.88. The first-order valence-electron chi connectivity index (χ1n) is 9.84. The normalized spacial score (nSPS) is 18.0. The average Bonchev–Trinajstić information content (AvgIpc) is 2.57. The minimum Gasteiger partial charge on any atom is -0.491 e. The number of rotatable bonds is 6. The first-order chi connectivity index (χ1) is 12.1. The minimum atomic E-state index is -0.520. The van der Waals surface area contributed by atoms with Crippen LogP contribution in [0.2, 0.25) is 0 Å². The second kappa shape index (κ2) is 8.73. The van der Waals surface area contributed by atoms with Crippen LogP contribution < -0.4 is 10.1 Å². The van der Waals surface area contributed by atoms with Crippen LogP contribution in [0.4, 0.5) is 0 Å². The molecule has 4 heteroatoms. The van der Waals surface area contributed by atoms with Gasteiger partial charge in [-0.1, -0.05) is 53.7 Å². The molecule has 1 saturated heterocycles. The van der Waals surface area contributed by atoms with Crippen molar-refractivity contribution in [2.45, 2.75) is 77.4 Å². The molecule has 0 amide bonds. The summed E-state index contributed by atoms with van der Waals surface area (Å²) in [5, 5.41) is 13.7. The Labute approximate surface area is 159 Å². The quantitative estimate of drug-likeness (QED) is 0.807. The lowest BCUT2D eigenvalue weighted by atomic mass is 9.80. The maximum Gasteiger partial charge on any atom is 0.123 e. The van der Waals surface area contributed by atoms with Gasteiger partial charge in [-0.05, 0) is 40.9 Å². The van der Waals surface area contributed by atoms with Gasteiger partial charge in [0, 0.05) is 25.8 Å². The molecule has 1 aliphatic heterocycles. The second-order valence-electron chi connectivity index (χ2n) is 9.47. The summed E-state index contributed by atoms with van der Waals surface area (Å²) in [5.74, 6) is 0.871. The lowest BCUT2D eigenvalue weighted by Gasteiger charge is -2.28. The third kappa shape index (κ3) is 6.26. The standard InChI is InChI=1S/C22H37NO3/c1-21(2,3)16-7-8-20(19(13-16)22(4,5)6)26-15-18(24)14-23-17-9-11-25-12-10-17/h7-8,13,17-18,23-24H,9-12,14-15H2,1-6H3. The van der Waals surface area contributed by atoms with Gasteiger partial charge < -0.3 is 19.9 Å². The molecule has 0 saturated carbocycles. The highest BCUT2D eigenvalue weighted by atomic mass is 16.5. The van der Waals surface area contributed by atoms with E-state index in [-0.39, 0.29) is 10.8 Å². The van der Waals surface area contributed by atoms with Gasteiger partial charge in [0.25, 0.3) is 0 Å². The Morgan fingerprint density at radius 3 is 2.35 bits per heavy atom. The molecule has 0 radical (unpaired) electrons. The van der Waals surface area contributed by atoms with E-state index in [0.29, 0.717) is 19.2 Å². The Balaban J connectivity index is 1.97. The minimum absolute atomic E-state index is 0.0120. The van der Waals surface area contributed by atoms with Crippen LogP contribution >= 0.6 is 0 Å². The molecule has 0 aromatic heterocycles. The number of hydrogen-bond donors (Lipinski definition) is 2. The lowest BCUT2D eigenvalue weighted by Crippen LogP contribution is -2.40. The van der Waals surface area contributed by atoms with Crippen molar-refractivity contribution in [2.75, 3.05) is 26.4 Å². The van der Waals surface area contributed by atoms with Crippen molar-refractivity contribution in [2.24, 2.45) is 0 Å². The summed E-state index contributed by atoms with van der Waals surface area (Å²) in [5.41, 5.74) is 2.58. The number of nitrogens with one attached hydrogen (secondary N) is 1. The Morgan fingerprint density at radius 2 is 1.77 bits per heavy atom. The fourth-order valence-electron chi connectivity index (χ4n) is 3.16. The van der Waals surface area contributed by atoms with E-state index >= 15 is 0 Å². The fourth-order valence-corrected chi connectivity index (χ4v) is 3.16. The summed E-state index contributed by atoms with van der Waals surface area (Å²) in [6.07, 6.45) is 1.50. The fraction of sp³-hybridized carbons (Fsp3) is 0.727. The number of benzene rings is 1. The maximum atomic E-state index is 10.3. The van der Waals surface area contributed by atoms with Crippen molar-refractivity contribution in [1.29, 1.82) is 0 Å². The summed E-state index contributed by atoms with van der Waals surface area (Å²) < 4.78 is 11.4. The van der Waals surface area contributed by atoms with E-state index in [0.717, 1.165) is 31.8 Å². The highest BCUT2D eigenvalue weighted by Gasteiger charge is 2.23. The third-order valence-electron chi connectivity index (χ3n) is 4.95. The Bertz CT molecular complexity index is 566. The number of aliphatic hydroxyl groups is 1. The van der Waals surface area contributed by atoms with Crippen LogP contribution in [0.5, 0.6) is 5.75 Å². The zero-order valence-electron chi connectivity index (χ0n) is 17.4. The molecular weight excluding hydrogens is 326 g/mol. The third-order valence-corrected chi connectivity index (χ3v) is 4.95. The van der Waals surface area contributed by atoms with Gasteiger partial charge in [-0.25, -0.2) is 0 Å². The van der Waals surface area contributed by atoms with E-state index in [2.05, 4.69) is 65.1 Å². The molecule has 2 rings (SSSR count). The Hall–Kier alpha value is -1.10. The van der Waals surface area contributed by atoms with Gasteiger partial charge in [0.2, 0.25) is 0 Å². The van der Waals surface area contributed by atoms with Crippen LogP contribution in [0, 0.1) is 0 Å². The van der Waals surface area contributed by atoms with E-state index in [4.69, 9.17) is 9.47 Å². The first kappa shape index (κ1) is 21.2. The molecule has 0 bridgehead atoms. The second-order valence-corrected chi connectivity index (χ2v) is 9.47. The van der Waals surface area contributed by atoms with Gasteiger partial charge in [0.1, 0.15) is 18.5 Å². The molecule has 1 heterocycles. The SMILES string of the molecule is CC(C)(C)c1ccc(OCC(O)CNC2CCOCC2)c(C(C)(C)C)c1. The van der Waals surface area contributed by atoms with Gasteiger partial charge in [0.05, 0.1) is 0 Å². The highest BCUT2D eigenvalue weighted by molar-refractivity contribution is 5.43. The lowest BCUT2D eigenvalue weighted by molar-refractivity contribution is 0.0653. The Morgan fingerprint density at radius 1 is 1.12 bits per heavy atom. The predicted octanol–water partition coefficient (Wildman–Crippen LogP) is 3.79. The van der Waals surface area contributed by atoms with Crippen molar-refractivity contribution in [3.63, 3.8) is 0 Å². The van der Waals surface area contributed by atoms with Crippen molar-refractivity contribution in [1.82, 2.24) is 5.32 Å². The van der Waals surface area contributed by atoms with Gasteiger partial charge in [-0.3, -0.25) is 0 Å². The molecular formula is C22H37NO3. The predicted molar refractivity (Wildman–Crippen MR) is 107 cm³/mol. The average molecular weight is 364 g/mol. The molecule has 1 aliphatic rings. The van der Waals surface area contributed by atoms with Crippen LogP contribution in [0.25, 0.3) is 0 Å². The van der Waals surface area contributed by atoms with Crippen molar-refractivity contribution in [3.05, 3.63) is 29.3 Å². The zero-order chi connectivity index (χ0) is 19.4. The molecule has 1 aromatic rings. The van der Waals surface area contributed by atoms with Crippen molar-refractivity contribution >= 4 is 0 Å². The van der Waals surface area contributed by atoms with Gasteiger partial charge >= 0.3 is 0 Å². The molecule has 1 fully saturated rings. The van der Waals surface area contributed by atoms with Crippen molar-refractivity contribution < 1.29 is 14.6 Å². The van der Waals surface area contributed by atoms with Crippen LogP contribution in [0.3, 0.4) is 0 Å². The molecule has 2 N–H and O–H groups in total. The number of aliphatic hydroxyl groups excluding tert-OH is 1. The van der Waals surface area contributed by atoms with E-state index in [1.165, 1.54) is 11.1 Å². The first-order valence-corrected chi connectivity index (χ1v) is 9.84. The monoisotopic (exact) mass is 363 g/mol. The largest absolute Gasteiger partial charge is 0.491 e. The van der Waals surface area contributed by atoms with Crippen LogP contribution in [-0.4, -0.2) is 43.6 Å². The topological polar surface area (TPSA) is 50.7 Å². The van der Waals surface area contributed by atoms with Gasteiger partial charge in [-0.15, -0.1) is 0 Å². The van der Waals surface area contributed by atoms with Crippen molar-refractivity contribution in [3.8, 4) is 5.75 Å². The van der Waals surface area contributed by atoms with Gasteiger partial charge in [0.15, 0.2) is 0 Å². The zero-order valence-corrected chi connectivity index (χ0v) is 17.4. The van der Waals surface area contributed by atoms with E-state index in [1.807, 2.05) is 0 Å². The summed E-state index contributed by atoms with van der Waals surface area (Å²) in [7, 11) is 0. The summed E-state index contributed by atoms with van der Waals surface area (Å²) in [6.45, 7) is 15.7. The maximum absolute atomic E-state index is 10.3. The molecule has 1 aromatic carbocycles. The van der Waals surface area contributed by atoms with E-state index in [9.17, 15) is 5.11 Å². The smallest absolute Gasteiger partial charge is 0.123 e. The number of ether oxygens (including phenoxy) is 2. The summed E-state index contributed by atoms with van der Waals surface area (Å²) in [4.78, 5) is 0. The molecule has 26 heavy (non-hydrogen) atoms. The molecule has 1 atom stereocenters. The Kier molecular flexibility index (Phi) is 7.12. The molecule has 0 spiro atoms. The highest BCUT2D eigenvalue weighted by Crippen LogP contribution is 2.35.